The van der Waals surface area contributed by atoms with Gasteiger partial charge in [-0.1, -0.05) is 119 Å². The van der Waals surface area contributed by atoms with Gasteiger partial charge in [0.05, 0.1) is 0 Å². The van der Waals surface area contributed by atoms with Crippen molar-refractivity contribution in [2.75, 3.05) is 0 Å². The normalized spacial score (nSPS) is 12.2. The van der Waals surface area contributed by atoms with Gasteiger partial charge in [-0.2, -0.15) is 0 Å². The fourth-order valence-corrected chi connectivity index (χ4v) is 4.48. The maximum Gasteiger partial charge on any atom is 0.109 e. The topological polar surface area (TPSA) is 17.8 Å². The molecule has 0 aliphatic rings. The predicted molar refractivity (Wildman–Crippen MR) is 132 cm³/mol. The monoisotopic (exact) mass is 416 g/mol. The number of hydrogen-bond donors (Lipinski definition) is 0. The van der Waals surface area contributed by atoms with Gasteiger partial charge in [0.25, 0.3) is 0 Å². The van der Waals surface area contributed by atoms with E-state index in [1.807, 2.05) is 6.20 Å². The number of imidazole rings is 1. The lowest BCUT2D eigenvalue weighted by Crippen LogP contribution is -2.12. The van der Waals surface area contributed by atoms with Crippen molar-refractivity contribution in [1.29, 1.82) is 0 Å². The van der Waals surface area contributed by atoms with Crippen LogP contribution in [-0.2, 0) is 19.4 Å². The number of aromatic nitrogens is 2. The van der Waals surface area contributed by atoms with Crippen molar-refractivity contribution in [3.8, 4) is 0 Å². The number of hydrogen-bond acceptors (Lipinski definition) is 1. The predicted octanol–water partition coefficient (Wildman–Crippen LogP) is 7.98. The quantitative estimate of drug-likeness (QED) is 0.230. The summed E-state index contributed by atoms with van der Waals surface area (Å²) < 4.78 is 2.39. The third kappa shape index (κ3) is 8.36. The Morgan fingerprint density at radius 2 is 1.32 bits per heavy atom. The largest absolute Gasteiger partial charge is 0.335 e. The average Bonchev–Trinajstić information content (AvgIpc) is 3.25. The fraction of sp³-hybridized carbons (Fsp3) is 0.483. The summed E-state index contributed by atoms with van der Waals surface area (Å²) in [5.74, 6) is 1.68. The Hall–Kier alpha value is -2.35. The minimum Gasteiger partial charge on any atom is -0.335 e. The maximum atomic E-state index is 4.74. The lowest BCUT2D eigenvalue weighted by atomic mass is 9.89. The van der Waals surface area contributed by atoms with E-state index in [9.17, 15) is 0 Å². The first kappa shape index (κ1) is 23.3. The molecule has 2 heteroatoms. The molecule has 3 rings (SSSR count). The molecule has 3 aromatic rings. The van der Waals surface area contributed by atoms with E-state index in [0.717, 1.165) is 19.4 Å². The highest BCUT2D eigenvalue weighted by Gasteiger charge is 2.16. The molecule has 0 fully saturated rings. The van der Waals surface area contributed by atoms with Crippen LogP contribution in [0.15, 0.2) is 73.1 Å². The van der Waals surface area contributed by atoms with Crippen LogP contribution in [0.2, 0.25) is 0 Å². The van der Waals surface area contributed by atoms with E-state index < -0.39 is 0 Å². The Labute approximate surface area is 189 Å². The van der Waals surface area contributed by atoms with Crippen LogP contribution < -0.4 is 0 Å². The van der Waals surface area contributed by atoms with Crippen LogP contribution in [0.4, 0.5) is 0 Å². The first-order valence-electron chi connectivity index (χ1n) is 12.5. The molecule has 31 heavy (non-hydrogen) atoms. The molecule has 1 atom stereocenters. The average molecular weight is 417 g/mol. The van der Waals surface area contributed by atoms with E-state index >= 15 is 0 Å². The van der Waals surface area contributed by atoms with Gasteiger partial charge in [-0.15, -0.1) is 0 Å². The van der Waals surface area contributed by atoms with Crippen LogP contribution in [0.1, 0.15) is 87.6 Å². The molecule has 2 nitrogen and oxygen atoms in total. The lowest BCUT2D eigenvalue weighted by molar-refractivity contribution is 0.523. The molecular formula is C29H40N2. The van der Waals surface area contributed by atoms with Crippen molar-refractivity contribution >= 4 is 0 Å². The van der Waals surface area contributed by atoms with Crippen molar-refractivity contribution in [1.82, 2.24) is 9.55 Å². The third-order valence-corrected chi connectivity index (χ3v) is 6.33. The first-order chi connectivity index (χ1) is 15.4. The highest BCUT2D eigenvalue weighted by molar-refractivity contribution is 5.25. The number of benzene rings is 2. The summed E-state index contributed by atoms with van der Waals surface area (Å²) >= 11 is 0. The van der Waals surface area contributed by atoms with E-state index in [1.165, 1.54) is 74.7 Å². The van der Waals surface area contributed by atoms with E-state index in [1.54, 1.807) is 0 Å². The Bertz CT molecular complexity index is 822. The smallest absolute Gasteiger partial charge is 0.109 e. The Balaban J connectivity index is 1.50. The molecule has 1 unspecified atom stereocenters. The molecule has 0 aliphatic heterocycles. The molecule has 0 radical (unpaired) electrons. The van der Waals surface area contributed by atoms with Crippen molar-refractivity contribution in [2.45, 2.75) is 90.0 Å². The second kappa shape index (κ2) is 13.9. The lowest BCUT2D eigenvalue weighted by Gasteiger charge is -2.18. The van der Waals surface area contributed by atoms with Gasteiger partial charge < -0.3 is 4.57 Å². The molecule has 0 N–H and O–H groups in total. The molecule has 1 heterocycles. The first-order valence-corrected chi connectivity index (χ1v) is 12.5. The van der Waals surface area contributed by atoms with Crippen molar-refractivity contribution in [3.63, 3.8) is 0 Å². The molecule has 0 amide bonds. The summed E-state index contributed by atoms with van der Waals surface area (Å²) in [7, 11) is 0. The molecule has 0 aliphatic carbocycles. The standard InChI is InChI=1S/C29H40N2/c1-2-3-4-5-6-7-8-9-16-22-31-23-21-30-29(31)25-28(27-19-14-11-15-20-27)24-26-17-12-10-13-18-26/h10-15,17-21,23,28H,2-9,16,22,24-25H2,1H3. The zero-order chi connectivity index (χ0) is 21.6. The highest BCUT2D eigenvalue weighted by Crippen LogP contribution is 2.25. The number of aryl methyl sites for hydroxylation is 1. The van der Waals surface area contributed by atoms with Gasteiger partial charge in [0.2, 0.25) is 0 Å². The summed E-state index contributed by atoms with van der Waals surface area (Å²) in [6, 6.07) is 21.8. The van der Waals surface area contributed by atoms with Gasteiger partial charge in [0.1, 0.15) is 5.82 Å². The molecular weight excluding hydrogens is 376 g/mol. The molecule has 2 aromatic carbocycles. The highest BCUT2D eigenvalue weighted by atomic mass is 15.1. The molecule has 0 bridgehead atoms. The fourth-order valence-electron chi connectivity index (χ4n) is 4.48. The SMILES string of the molecule is CCCCCCCCCCCn1ccnc1CC(Cc1ccccc1)c1ccccc1. The van der Waals surface area contributed by atoms with Gasteiger partial charge in [-0.25, -0.2) is 4.98 Å². The van der Waals surface area contributed by atoms with E-state index in [4.69, 9.17) is 4.98 Å². The number of nitrogens with zero attached hydrogens (tertiary/aromatic N) is 2. The zero-order valence-corrected chi connectivity index (χ0v) is 19.4. The zero-order valence-electron chi connectivity index (χ0n) is 19.4. The second-order valence-electron chi connectivity index (χ2n) is 8.87. The number of unbranched alkanes of at least 4 members (excludes halogenated alkanes) is 8. The van der Waals surface area contributed by atoms with Crippen molar-refractivity contribution in [2.24, 2.45) is 0 Å². The minimum absolute atomic E-state index is 0.452. The molecule has 0 saturated carbocycles. The molecule has 1 aromatic heterocycles. The Morgan fingerprint density at radius 3 is 2.00 bits per heavy atom. The van der Waals surface area contributed by atoms with E-state index in [2.05, 4.69) is 78.4 Å². The maximum absolute atomic E-state index is 4.74. The van der Waals surface area contributed by atoms with Crippen molar-refractivity contribution in [3.05, 3.63) is 90.0 Å². The van der Waals surface area contributed by atoms with Gasteiger partial charge in [-0.3, -0.25) is 0 Å². The van der Waals surface area contributed by atoms with Gasteiger partial charge in [0.15, 0.2) is 0 Å². The number of rotatable bonds is 15. The minimum atomic E-state index is 0.452. The Kier molecular flexibility index (Phi) is 10.4. The van der Waals surface area contributed by atoms with Gasteiger partial charge >= 0.3 is 0 Å². The van der Waals surface area contributed by atoms with E-state index in [-0.39, 0.29) is 0 Å². The van der Waals surface area contributed by atoms with Gasteiger partial charge in [0, 0.05) is 25.4 Å². The summed E-state index contributed by atoms with van der Waals surface area (Å²) in [4.78, 5) is 4.74. The summed E-state index contributed by atoms with van der Waals surface area (Å²) in [6.07, 6.45) is 18.5. The summed E-state index contributed by atoms with van der Waals surface area (Å²) in [6.45, 7) is 3.38. The van der Waals surface area contributed by atoms with Crippen LogP contribution in [-0.4, -0.2) is 9.55 Å². The van der Waals surface area contributed by atoms with Crippen LogP contribution in [0.5, 0.6) is 0 Å². The molecule has 166 valence electrons. The second-order valence-corrected chi connectivity index (χ2v) is 8.87. The molecule has 0 spiro atoms. The summed E-state index contributed by atoms with van der Waals surface area (Å²) in [5, 5.41) is 0. The van der Waals surface area contributed by atoms with Crippen LogP contribution >= 0.6 is 0 Å². The van der Waals surface area contributed by atoms with Crippen LogP contribution in [0.3, 0.4) is 0 Å². The van der Waals surface area contributed by atoms with E-state index in [0.29, 0.717) is 5.92 Å². The van der Waals surface area contributed by atoms with Crippen LogP contribution in [0, 0.1) is 0 Å². The Morgan fingerprint density at radius 1 is 0.710 bits per heavy atom. The third-order valence-electron chi connectivity index (χ3n) is 6.33. The van der Waals surface area contributed by atoms with Crippen LogP contribution in [0.25, 0.3) is 0 Å². The van der Waals surface area contributed by atoms with Gasteiger partial charge in [-0.05, 0) is 29.9 Å². The molecule has 0 saturated heterocycles. The van der Waals surface area contributed by atoms with Crippen molar-refractivity contribution < 1.29 is 0 Å². The summed E-state index contributed by atoms with van der Waals surface area (Å²) in [5.41, 5.74) is 2.80.